The second kappa shape index (κ2) is 9.42. The van der Waals surface area contributed by atoms with Gasteiger partial charge >= 0.3 is 0 Å². The molecule has 0 spiro atoms. The van der Waals surface area contributed by atoms with Crippen LogP contribution in [-0.4, -0.2) is 49.5 Å². The molecule has 138 valence electrons. The minimum Gasteiger partial charge on any atom is -0.459 e. The molecule has 2 rings (SSSR count). The number of aliphatic hydroxyl groups excluding tert-OH is 1. The molecule has 0 aromatic heterocycles. The minimum absolute atomic E-state index is 0.0962. The topological polar surface area (TPSA) is 59.0 Å². The minimum atomic E-state index is -0.391. The zero-order valence-corrected chi connectivity index (χ0v) is 15.4. The van der Waals surface area contributed by atoms with Crippen LogP contribution in [0.5, 0.6) is 0 Å². The van der Waals surface area contributed by atoms with E-state index < -0.39 is 6.29 Å². The summed E-state index contributed by atoms with van der Waals surface area (Å²) in [5, 5.41) is 9.26. The number of ether oxygens (including phenoxy) is 2. The van der Waals surface area contributed by atoms with E-state index in [0.29, 0.717) is 24.2 Å². The first-order chi connectivity index (χ1) is 11.6. The van der Waals surface area contributed by atoms with Gasteiger partial charge < -0.3 is 19.5 Å². The maximum absolute atomic E-state index is 12.4. The Labute approximate surface area is 146 Å². The van der Waals surface area contributed by atoms with Crippen LogP contribution in [0.3, 0.4) is 0 Å². The second-order valence-corrected chi connectivity index (χ2v) is 7.18. The monoisotopic (exact) mass is 339 g/mol. The predicted molar refractivity (Wildman–Crippen MR) is 93.2 cm³/mol. The molecule has 1 amide bonds. The number of carbonyl (C=O) groups excluding carboxylic acids is 1. The maximum Gasteiger partial charge on any atom is 0.288 e. The van der Waals surface area contributed by atoms with Gasteiger partial charge in [-0.3, -0.25) is 4.79 Å². The number of amides is 1. The van der Waals surface area contributed by atoms with Crippen LogP contribution in [0.1, 0.15) is 51.9 Å². The van der Waals surface area contributed by atoms with Gasteiger partial charge in [-0.2, -0.15) is 0 Å². The van der Waals surface area contributed by atoms with Crippen molar-refractivity contribution in [3.8, 4) is 0 Å². The molecule has 0 aromatic carbocycles. The lowest BCUT2D eigenvalue weighted by Crippen LogP contribution is -2.42. The molecule has 1 aliphatic heterocycles. The summed E-state index contributed by atoms with van der Waals surface area (Å²) in [4.78, 5) is 14.0. The lowest BCUT2D eigenvalue weighted by Gasteiger charge is -2.41. The van der Waals surface area contributed by atoms with Crippen molar-refractivity contribution in [2.24, 2.45) is 17.8 Å². The number of allylic oxidation sites excluding steroid dienone is 1. The van der Waals surface area contributed by atoms with E-state index in [2.05, 4.69) is 6.08 Å². The van der Waals surface area contributed by atoms with Crippen LogP contribution in [-0.2, 0) is 14.3 Å². The molecule has 3 atom stereocenters. The summed E-state index contributed by atoms with van der Waals surface area (Å²) in [5.74, 6) is 1.41. The van der Waals surface area contributed by atoms with Gasteiger partial charge in [-0.25, -0.2) is 0 Å². The highest BCUT2D eigenvalue weighted by Gasteiger charge is 2.40. The van der Waals surface area contributed by atoms with Gasteiger partial charge in [0.1, 0.15) is 0 Å². The molecule has 2 aliphatic rings. The average molecular weight is 339 g/mol. The third-order valence-electron chi connectivity index (χ3n) is 5.27. The fourth-order valence-corrected chi connectivity index (χ4v) is 4.06. The van der Waals surface area contributed by atoms with Crippen molar-refractivity contribution in [3.63, 3.8) is 0 Å². The zero-order valence-electron chi connectivity index (χ0n) is 15.4. The zero-order chi connectivity index (χ0) is 17.5. The van der Waals surface area contributed by atoms with Gasteiger partial charge in [-0.15, -0.1) is 0 Å². The first-order valence-electron chi connectivity index (χ1n) is 9.41. The predicted octanol–water partition coefficient (Wildman–Crippen LogP) is 2.94. The summed E-state index contributed by atoms with van der Waals surface area (Å²) < 4.78 is 11.8. The Balaban J connectivity index is 2.27. The molecule has 1 saturated carbocycles. The third-order valence-corrected chi connectivity index (χ3v) is 5.27. The first kappa shape index (κ1) is 19.3. The van der Waals surface area contributed by atoms with E-state index in [1.54, 1.807) is 19.0 Å². The van der Waals surface area contributed by atoms with Crippen LogP contribution in [0.25, 0.3) is 0 Å². The van der Waals surface area contributed by atoms with E-state index in [1.165, 1.54) is 32.1 Å². The number of carbonyl (C=O) groups is 1. The fourth-order valence-electron chi connectivity index (χ4n) is 4.06. The molecule has 5 nitrogen and oxygen atoms in total. The number of likely N-dealkylation sites (N-methyl/N-ethyl adjacent to an activating group) is 1. The van der Waals surface area contributed by atoms with E-state index in [-0.39, 0.29) is 18.4 Å². The SMILES string of the molecule is CCO[C@@H]1OC(C(=O)N(C)C)=C[C@H](C2CCCCC2)[C@H]1CCCO. The summed E-state index contributed by atoms with van der Waals surface area (Å²) in [6.45, 7) is 2.69. The third kappa shape index (κ3) is 4.73. The summed E-state index contributed by atoms with van der Waals surface area (Å²) in [7, 11) is 3.49. The highest BCUT2D eigenvalue weighted by atomic mass is 16.7. The molecule has 0 saturated heterocycles. The van der Waals surface area contributed by atoms with E-state index in [0.717, 1.165) is 12.8 Å². The summed E-state index contributed by atoms with van der Waals surface area (Å²) in [6.07, 6.45) is 9.51. The molecule has 0 bridgehead atoms. The molecule has 5 heteroatoms. The van der Waals surface area contributed by atoms with Gasteiger partial charge in [0.15, 0.2) is 5.76 Å². The summed E-state index contributed by atoms with van der Waals surface area (Å²) in [5.41, 5.74) is 0. The molecular formula is C19H33NO4. The number of hydrogen-bond acceptors (Lipinski definition) is 4. The maximum atomic E-state index is 12.4. The van der Waals surface area contributed by atoms with Crippen molar-refractivity contribution in [2.75, 3.05) is 27.3 Å². The largest absolute Gasteiger partial charge is 0.459 e. The van der Waals surface area contributed by atoms with Crippen molar-refractivity contribution < 1.29 is 19.4 Å². The summed E-state index contributed by atoms with van der Waals surface area (Å²) >= 11 is 0. The molecule has 0 unspecified atom stereocenters. The van der Waals surface area contributed by atoms with E-state index in [1.807, 2.05) is 6.92 Å². The molecule has 24 heavy (non-hydrogen) atoms. The van der Waals surface area contributed by atoms with Gasteiger partial charge in [0.2, 0.25) is 6.29 Å². The standard InChI is InChI=1S/C19H33NO4/c1-4-23-19-15(11-8-12-21)16(14-9-6-5-7-10-14)13-17(24-19)18(22)20(2)3/h13-16,19,21H,4-12H2,1-3H3/t15-,16-,19-/m1/s1. The second-order valence-electron chi connectivity index (χ2n) is 7.18. The molecule has 0 radical (unpaired) electrons. The normalized spacial score (nSPS) is 28.2. The van der Waals surface area contributed by atoms with E-state index >= 15 is 0 Å². The van der Waals surface area contributed by atoms with Gasteiger partial charge in [0.05, 0.1) is 0 Å². The summed E-state index contributed by atoms with van der Waals surface area (Å²) in [6, 6.07) is 0. The molecule has 1 N–H and O–H groups in total. The Bertz CT molecular complexity index is 429. The number of rotatable bonds is 7. The highest BCUT2D eigenvalue weighted by molar-refractivity contribution is 5.91. The van der Waals surface area contributed by atoms with Gasteiger partial charge in [0, 0.05) is 33.2 Å². The Hall–Kier alpha value is -1.07. The Morgan fingerprint density at radius 3 is 2.62 bits per heavy atom. The molecule has 1 fully saturated rings. The smallest absolute Gasteiger partial charge is 0.288 e. The Morgan fingerprint density at radius 2 is 2.04 bits per heavy atom. The fraction of sp³-hybridized carbons (Fsp3) is 0.842. The van der Waals surface area contributed by atoms with Crippen LogP contribution in [0, 0.1) is 17.8 Å². The first-order valence-corrected chi connectivity index (χ1v) is 9.41. The van der Waals surface area contributed by atoms with Crippen molar-refractivity contribution in [2.45, 2.75) is 58.2 Å². The lowest BCUT2D eigenvalue weighted by atomic mass is 9.71. The van der Waals surface area contributed by atoms with Crippen molar-refractivity contribution in [1.29, 1.82) is 0 Å². The molecular weight excluding hydrogens is 306 g/mol. The highest BCUT2D eigenvalue weighted by Crippen LogP contribution is 2.42. The average Bonchev–Trinajstić information content (AvgIpc) is 2.60. The van der Waals surface area contributed by atoms with Gasteiger partial charge in [0.25, 0.3) is 5.91 Å². The number of hydrogen-bond donors (Lipinski definition) is 1. The van der Waals surface area contributed by atoms with Crippen LogP contribution in [0.4, 0.5) is 0 Å². The van der Waals surface area contributed by atoms with Crippen molar-refractivity contribution in [3.05, 3.63) is 11.8 Å². The van der Waals surface area contributed by atoms with Crippen LogP contribution in [0.2, 0.25) is 0 Å². The van der Waals surface area contributed by atoms with Crippen LogP contribution >= 0.6 is 0 Å². The van der Waals surface area contributed by atoms with E-state index in [9.17, 15) is 9.90 Å². The molecule has 1 aliphatic carbocycles. The quantitative estimate of drug-likeness (QED) is 0.775. The van der Waals surface area contributed by atoms with Gasteiger partial charge in [-0.05, 0) is 50.5 Å². The van der Waals surface area contributed by atoms with Gasteiger partial charge in [-0.1, -0.05) is 19.3 Å². The van der Waals surface area contributed by atoms with Crippen molar-refractivity contribution in [1.82, 2.24) is 4.90 Å². The Kier molecular flexibility index (Phi) is 7.56. The van der Waals surface area contributed by atoms with Crippen LogP contribution < -0.4 is 0 Å². The Morgan fingerprint density at radius 1 is 1.33 bits per heavy atom. The number of nitrogens with zero attached hydrogens (tertiary/aromatic N) is 1. The number of aliphatic hydroxyl groups is 1. The lowest BCUT2D eigenvalue weighted by molar-refractivity contribution is -0.179. The van der Waals surface area contributed by atoms with E-state index in [4.69, 9.17) is 9.47 Å². The van der Waals surface area contributed by atoms with Crippen molar-refractivity contribution >= 4 is 5.91 Å². The molecule has 1 heterocycles. The van der Waals surface area contributed by atoms with Crippen LogP contribution in [0.15, 0.2) is 11.8 Å². The molecule has 0 aromatic rings.